The molecule has 1 heterocycles. The average Bonchev–Trinajstić information content (AvgIpc) is 2.65. The number of nitrogens with zero attached hydrogens (tertiary/aromatic N) is 2. The molecule has 0 aliphatic carbocycles. The Morgan fingerprint density at radius 3 is 2.52 bits per heavy atom. The molecule has 1 aromatic carbocycles. The van der Waals surface area contributed by atoms with Crippen LogP contribution in [0.15, 0.2) is 29.3 Å². The number of hydrogen-bond donors (Lipinski definition) is 3. The van der Waals surface area contributed by atoms with E-state index in [2.05, 4.69) is 20.9 Å². The number of nitrogens with one attached hydrogen (secondary N) is 3. The van der Waals surface area contributed by atoms with E-state index in [0.29, 0.717) is 31.2 Å². The number of benzene rings is 1. The van der Waals surface area contributed by atoms with E-state index in [1.165, 1.54) is 4.90 Å². The number of hydrogen-bond acceptors (Lipinski definition) is 3. The Balaban J connectivity index is 0.00000420. The Morgan fingerprint density at radius 2 is 1.93 bits per heavy atom. The Labute approximate surface area is 184 Å². The zero-order valence-corrected chi connectivity index (χ0v) is 18.3. The summed E-state index contributed by atoms with van der Waals surface area (Å²) >= 11 is 0. The van der Waals surface area contributed by atoms with Gasteiger partial charge in [0.15, 0.2) is 5.96 Å². The zero-order chi connectivity index (χ0) is 20.6. The molecule has 1 saturated heterocycles. The molecular formula is C18H25F3IN5O2. The van der Waals surface area contributed by atoms with Crippen LogP contribution < -0.4 is 16.0 Å². The van der Waals surface area contributed by atoms with Gasteiger partial charge < -0.3 is 20.9 Å². The summed E-state index contributed by atoms with van der Waals surface area (Å²) in [5.41, 5.74) is 1.28. The Morgan fingerprint density at radius 1 is 1.24 bits per heavy atom. The van der Waals surface area contributed by atoms with E-state index in [4.69, 9.17) is 0 Å². The van der Waals surface area contributed by atoms with Crippen molar-refractivity contribution in [3.05, 3.63) is 35.4 Å². The fraction of sp³-hybridized carbons (Fsp3) is 0.500. The molecule has 1 aromatic rings. The highest BCUT2D eigenvalue weighted by molar-refractivity contribution is 14.0. The maximum atomic E-state index is 12.4. The second-order valence-corrected chi connectivity index (χ2v) is 6.26. The van der Waals surface area contributed by atoms with Gasteiger partial charge in [-0.2, -0.15) is 13.2 Å². The molecule has 1 aliphatic heterocycles. The van der Waals surface area contributed by atoms with Crippen LogP contribution in [-0.2, 0) is 11.3 Å². The molecule has 0 aromatic heterocycles. The van der Waals surface area contributed by atoms with E-state index in [1.807, 2.05) is 6.92 Å². The van der Waals surface area contributed by atoms with Crippen molar-refractivity contribution >= 4 is 41.8 Å². The van der Waals surface area contributed by atoms with Crippen LogP contribution in [0.2, 0.25) is 0 Å². The van der Waals surface area contributed by atoms with E-state index >= 15 is 0 Å². The lowest BCUT2D eigenvalue weighted by molar-refractivity contribution is -0.132. The molecule has 0 radical (unpaired) electrons. The summed E-state index contributed by atoms with van der Waals surface area (Å²) in [5.74, 6) is -0.0992. The lowest BCUT2D eigenvalue weighted by Crippen LogP contribution is -2.49. The van der Waals surface area contributed by atoms with Gasteiger partial charge >= 0.3 is 6.18 Å². The third kappa shape index (κ3) is 8.88. The normalized spacial score (nSPS) is 14.7. The molecule has 0 spiro atoms. The first-order valence-corrected chi connectivity index (χ1v) is 9.02. The van der Waals surface area contributed by atoms with Crippen LogP contribution in [0, 0.1) is 0 Å². The quantitative estimate of drug-likeness (QED) is 0.300. The molecule has 3 N–H and O–H groups in total. The van der Waals surface area contributed by atoms with Gasteiger partial charge in [-0.15, -0.1) is 24.0 Å². The van der Waals surface area contributed by atoms with Gasteiger partial charge in [-0.05, 0) is 24.6 Å². The number of piperazine rings is 1. The van der Waals surface area contributed by atoms with E-state index in [-0.39, 0.29) is 55.4 Å². The van der Waals surface area contributed by atoms with Crippen LogP contribution in [-0.4, -0.2) is 61.6 Å². The lowest BCUT2D eigenvalue weighted by atomic mass is 10.1. The largest absolute Gasteiger partial charge is 0.390 e. The molecule has 2 amide bonds. The summed E-state index contributed by atoms with van der Waals surface area (Å²) in [6.07, 6.45) is -5.16. The minimum absolute atomic E-state index is 0. The predicted octanol–water partition coefficient (Wildman–Crippen LogP) is 1.88. The van der Waals surface area contributed by atoms with Crippen LogP contribution in [0.5, 0.6) is 0 Å². The molecule has 0 bridgehead atoms. The summed E-state index contributed by atoms with van der Waals surface area (Å²) in [6.45, 7) is 3.28. The number of carbonyl (C=O) groups is 2. The second-order valence-electron chi connectivity index (χ2n) is 6.26. The van der Waals surface area contributed by atoms with E-state index in [9.17, 15) is 22.8 Å². The molecule has 0 unspecified atom stereocenters. The van der Waals surface area contributed by atoms with Crippen molar-refractivity contribution < 1.29 is 22.8 Å². The number of carbonyl (C=O) groups excluding carboxylic acids is 2. The van der Waals surface area contributed by atoms with E-state index in [0.717, 1.165) is 5.56 Å². The molecule has 11 heteroatoms. The maximum Gasteiger partial charge on any atom is 0.390 e. The SMILES string of the molecule is CCNC(=NCc1ccc(C(=O)N2CCNC(=O)C2)cc1)NCCC(F)(F)F.I. The fourth-order valence-electron chi connectivity index (χ4n) is 2.58. The number of rotatable bonds is 6. The highest BCUT2D eigenvalue weighted by Gasteiger charge is 2.26. The van der Waals surface area contributed by atoms with Gasteiger partial charge in [0.2, 0.25) is 5.91 Å². The third-order valence-corrected chi connectivity index (χ3v) is 3.99. The smallest absolute Gasteiger partial charge is 0.357 e. The topological polar surface area (TPSA) is 85.8 Å². The van der Waals surface area contributed by atoms with Crippen molar-refractivity contribution in [2.24, 2.45) is 4.99 Å². The molecule has 162 valence electrons. The van der Waals surface area contributed by atoms with Crippen molar-refractivity contribution in [3.8, 4) is 0 Å². The average molecular weight is 527 g/mol. The standard InChI is InChI=1S/C18H24F3N5O2.HI/c1-2-22-17(24-8-7-18(19,20)21)25-11-13-3-5-14(6-4-13)16(28)26-10-9-23-15(27)12-26;/h3-6H,2,7-12H2,1H3,(H,23,27)(H2,22,24,25);1H. The predicted molar refractivity (Wildman–Crippen MR) is 114 cm³/mol. The molecule has 1 fully saturated rings. The summed E-state index contributed by atoms with van der Waals surface area (Å²) < 4.78 is 36.7. The summed E-state index contributed by atoms with van der Waals surface area (Å²) in [6, 6.07) is 6.79. The number of aliphatic imine (C=N–C) groups is 1. The Hall–Kier alpha value is -2.05. The van der Waals surface area contributed by atoms with Crippen molar-refractivity contribution in [2.75, 3.05) is 32.7 Å². The number of amides is 2. The number of halogens is 4. The van der Waals surface area contributed by atoms with E-state index in [1.54, 1.807) is 24.3 Å². The van der Waals surface area contributed by atoms with Crippen LogP contribution in [0.25, 0.3) is 0 Å². The van der Waals surface area contributed by atoms with Crippen LogP contribution >= 0.6 is 24.0 Å². The minimum atomic E-state index is -4.22. The van der Waals surface area contributed by atoms with Crippen molar-refractivity contribution in [1.29, 1.82) is 0 Å². The minimum Gasteiger partial charge on any atom is -0.357 e. The molecule has 0 atom stereocenters. The maximum absolute atomic E-state index is 12.4. The highest BCUT2D eigenvalue weighted by Crippen LogP contribution is 2.18. The molecule has 1 aliphatic rings. The summed E-state index contributed by atoms with van der Waals surface area (Å²) in [5, 5.41) is 8.20. The van der Waals surface area contributed by atoms with Crippen molar-refractivity contribution in [2.45, 2.75) is 26.1 Å². The first-order chi connectivity index (χ1) is 13.3. The fourth-order valence-corrected chi connectivity index (χ4v) is 2.58. The van der Waals surface area contributed by atoms with Crippen LogP contribution in [0.1, 0.15) is 29.3 Å². The molecule has 29 heavy (non-hydrogen) atoms. The van der Waals surface area contributed by atoms with Crippen molar-refractivity contribution in [1.82, 2.24) is 20.9 Å². The Kier molecular flexibility index (Phi) is 10.2. The number of alkyl halides is 3. The van der Waals surface area contributed by atoms with Crippen molar-refractivity contribution in [3.63, 3.8) is 0 Å². The first kappa shape index (κ1) is 25.0. The van der Waals surface area contributed by atoms with Crippen LogP contribution in [0.4, 0.5) is 13.2 Å². The molecule has 2 rings (SSSR count). The number of guanidine groups is 1. The monoisotopic (exact) mass is 527 g/mol. The summed E-state index contributed by atoms with van der Waals surface area (Å²) in [4.78, 5) is 29.6. The zero-order valence-electron chi connectivity index (χ0n) is 16.0. The van der Waals surface area contributed by atoms with Gasteiger partial charge in [0.05, 0.1) is 19.5 Å². The molecule has 7 nitrogen and oxygen atoms in total. The van der Waals surface area contributed by atoms with Gasteiger partial charge in [-0.3, -0.25) is 9.59 Å². The van der Waals surface area contributed by atoms with Gasteiger partial charge in [-0.25, -0.2) is 4.99 Å². The highest BCUT2D eigenvalue weighted by atomic mass is 127. The van der Waals surface area contributed by atoms with Gasteiger partial charge in [0.1, 0.15) is 0 Å². The van der Waals surface area contributed by atoms with E-state index < -0.39 is 12.6 Å². The summed E-state index contributed by atoms with van der Waals surface area (Å²) in [7, 11) is 0. The van der Waals surface area contributed by atoms with Crippen LogP contribution in [0.3, 0.4) is 0 Å². The molecular weight excluding hydrogens is 502 g/mol. The Bertz CT molecular complexity index is 710. The van der Waals surface area contributed by atoms with Gasteiger partial charge in [0, 0.05) is 31.7 Å². The first-order valence-electron chi connectivity index (χ1n) is 9.02. The third-order valence-electron chi connectivity index (χ3n) is 3.99. The molecule has 0 saturated carbocycles. The van der Waals surface area contributed by atoms with Gasteiger partial charge in [-0.1, -0.05) is 12.1 Å². The second kappa shape index (κ2) is 11.8. The lowest BCUT2D eigenvalue weighted by Gasteiger charge is -2.26. The van der Waals surface area contributed by atoms with Gasteiger partial charge in [0.25, 0.3) is 5.91 Å².